The number of pyridine rings is 1. The summed E-state index contributed by atoms with van der Waals surface area (Å²) in [7, 11) is 0. The normalized spacial score (nSPS) is 15.5. The Labute approximate surface area is 209 Å². The third-order valence-corrected chi connectivity index (χ3v) is 6.07. The van der Waals surface area contributed by atoms with Crippen molar-refractivity contribution in [2.45, 2.75) is 6.04 Å². The molecular formula is C27H27N7O2. The summed E-state index contributed by atoms with van der Waals surface area (Å²) in [6, 6.07) is 17.7. The molecule has 5 rings (SSSR count). The van der Waals surface area contributed by atoms with Crippen LogP contribution in [0, 0.1) is 0 Å². The summed E-state index contributed by atoms with van der Waals surface area (Å²) in [6.45, 7) is 6.21. The third-order valence-electron chi connectivity index (χ3n) is 6.07. The van der Waals surface area contributed by atoms with E-state index >= 15 is 0 Å². The number of carbonyl (C=O) groups is 1. The first-order chi connectivity index (χ1) is 17.7. The monoisotopic (exact) mass is 481 g/mol. The molecule has 1 amide bonds. The number of nitrogens with zero attached hydrogens (tertiary/aromatic N) is 4. The molecule has 1 fully saturated rings. The molecule has 1 atom stereocenters. The highest BCUT2D eigenvalue weighted by atomic mass is 16.5. The van der Waals surface area contributed by atoms with Gasteiger partial charge in [-0.2, -0.15) is 0 Å². The molecular weight excluding hydrogens is 454 g/mol. The molecule has 36 heavy (non-hydrogen) atoms. The summed E-state index contributed by atoms with van der Waals surface area (Å²) in [5.41, 5.74) is 10.6. The highest BCUT2D eigenvalue weighted by Gasteiger charge is 2.22. The van der Waals surface area contributed by atoms with E-state index < -0.39 is 0 Å². The highest BCUT2D eigenvalue weighted by Crippen LogP contribution is 2.32. The maximum atomic E-state index is 11.9. The van der Waals surface area contributed by atoms with Crippen molar-refractivity contribution in [1.29, 1.82) is 0 Å². The van der Waals surface area contributed by atoms with Crippen LogP contribution in [-0.2, 0) is 9.53 Å². The molecule has 9 nitrogen and oxygen atoms in total. The van der Waals surface area contributed by atoms with E-state index in [2.05, 4.69) is 44.2 Å². The Morgan fingerprint density at radius 1 is 1.17 bits per heavy atom. The van der Waals surface area contributed by atoms with E-state index in [1.807, 2.05) is 30.3 Å². The first-order valence-corrected chi connectivity index (χ1v) is 11.7. The Morgan fingerprint density at radius 2 is 2.03 bits per heavy atom. The minimum Gasteiger partial charge on any atom is -0.377 e. The van der Waals surface area contributed by atoms with Crippen molar-refractivity contribution in [3.63, 3.8) is 0 Å². The third kappa shape index (κ3) is 4.88. The molecule has 3 heterocycles. The second-order valence-electron chi connectivity index (χ2n) is 8.36. The zero-order chi connectivity index (χ0) is 24.9. The predicted octanol–water partition coefficient (Wildman–Crippen LogP) is 3.72. The largest absolute Gasteiger partial charge is 0.377 e. The summed E-state index contributed by atoms with van der Waals surface area (Å²) < 4.78 is 5.56. The molecule has 182 valence electrons. The number of aromatic nitrogens is 3. The van der Waals surface area contributed by atoms with Gasteiger partial charge in [0.1, 0.15) is 0 Å². The van der Waals surface area contributed by atoms with Crippen LogP contribution in [0.5, 0.6) is 0 Å². The number of ether oxygens (including phenoxy) is 1. The van der Waals surface area contributed by atoms with E-state index in [1.165, 1.54) is 6.08 Å². The number of benzene rings is 2. The molecule has 0 unspecified atom stereocenters. The highest BCUT2D eigenvalue weighted by molar-refractivity contribution is 6.03. The molecule has 1 saturated heterocycles. The van der Waals surface area contributed by atoms with Gasteiger partial charge in [0.05, 0.1) is 36.2 Å². The first-order valence-electron chi connectivity index (χ1n) is 11.7. The van der Waals surface area contributed by atoms with E-state index in [0.29, 0.717) is 37.1 Å². The number of rotatable bonds is 7. The van der Waals surface area contributed by atoms with Crippen LogP contribution in [-0.4, -0.2) is 53.2 Å². The summed E-state index contributed by atoms with van der Waals surface area (Å²) in [6.07, 6.45) is 4.68. The lowest BCUT2D eigenvalue weighted by Crippen LogP contribution is -2.49. The minimum atomic E-state index is -0.306. The topological polar surface area (TPSA) is 118 Å². The number of fused-ring (bicyclic) bond motifs is 1. The zero-order valence-electron chi connectivity index (χ0n) is 19.7. The molecule has 4 aromatic rings. The van der Waals surface area contributed by atoms with Gasteiger partial charge in [-0.3, -0.25) is 9.78 Å². The summed E-state index contributed by atoms with van der Waals surface area (Å²) in [4.78, 5) is 28.0. The molecule has 0 saturated carbocycles. The van der Waals surface area contributed by atoms with Crippen molar-refractivity contribution < 1.29 is 9.53 Å². The number of carbonyl (C=O) groups excluding carboxylic acids is 1. The lowest BCUT2D eigenvalue weighted by molar-refractivity contribution is -0.111. The fraction of sp³-hybridized carbons (Fsp3) is 0.185. The van der Waals surface area contributed by atoms with E-state index in [4.69, 9.17) is 15.5 Å². The maximum Gasteiger partial charge on any atom is 0.247 e. The van der Waals surface area contributed by atoms with Gasteiger partial charge in [0.15, 0.2) is 0 Å². The molecule has 1 aliphatic heterocycles. The Hall–Kier alpha value is -4.34. The minimum absolute atomic E-state index is 0.174. The fourth-order valence-corrected chi connectivity index (χ4v) is 4.27. The second kappa shape index (κ2) is 10.5. The quantitative estimate of drug-likeness (QED) is 0.342. The molecule has 2 aromatic heterocycles. The Bertz CT molecular complexity index is 1390. The summed E-state index contributed by atoms with van der Waals surface area (Å²) in [5.74, 6) is 0.154. The van der Waals surface area contributed by atoms with Crippen molar-refractivity contribution >= 4 is 39.8 Å². The number of hydrogen-bond acceptors (Lipinski definition) is 8. The Balaban J connectivity index is 1.43. The SMILES string of the molecule is C=CC(=O)Nc1cccnc1-c1cccc2cnc(Nc3ccc(N4CCOC[C@H]4CN)cc3)nc12. The van der Waals surface area contributed by atoms with Gasteiger partial charge in [-0.25, -0.2) is 9.97 Å². The number of amides is 1. The molecule has 2 aromatic carbocycles. The summed E-state index contributed by atoms with van der Waals surface area (Å²) >= 11 is 0. The van der Waals surface area contributed by atoms with Gasteiger partial charge in [-0.15, -0.1) is 0 Å². The van der Waals surface area contributed by atoms with Crippen LogP contribution in [0.3, 0.4) is 0 Å². The second-order valence-corrected chi connectivity index (χ2v) is 8.36. The van der Waals surface area contributed by atoms with E-state index in [9.17, 15) is 4.79 Å². The van der Waals surface area contributed by atoms with Crippen LogP contribution in [0.2, 0.25) is 0 Å². The van der Waals surface area contributed by atoms with E-state index in [1.54, 1.807) is 24.5 Å². The van der Waals surface area contributed by atoms with Crippen LogP contribution in [0.4, 0.5) is 23.0 Å². The Kier molecular flexibility index (Phi) is 6.83. The van der Waals surface area contributed by atoms with E-state index in [0.717, 1.165) is 34.4 Å². The number of hydrogen-bond donors (Lipinski definition) is 3. The average Bonchev–Trinajstić information content (AvgIpc) is 2.93. The number of nitrogens with one attached hydrogen (secondary N) is 2. The average molecular weight is 482 g/mol. The standard InChI is InChI=1S/C27H27N7O2/c1-2-24(35)32-23-7-4-12-29-26(23)22-6-3-5-18-16-30-27(33-25(18)22)31-19-8-10-20(11-9-19)34-13-14-36-17-21(34)15-28/h2-12,16,21H,1,13-15,17,28H2,(H,32,35)(H,30,31,33)/t21-/m1/s1. The number of morpholine rings is 1. The van der Waals surface area contributed by atoms with Crippen LogP contribution in [0.15, 0.2) is 79.6 Å². The summed E-state index contributed by atoms with van der Waals surface area (Å²) in [5, 5.41) is 6.97. The van der Waals surface area contributed by atoms with Crippen LogP contribution < -0.4 is 21.3 Å². The molecule has 4 N–H and O–H groups in total. The predicted molar refractivity (Wildman–Crippen MR) is 142 cm³/mol. The van der Waals surface area contributed by atoms with Crippen molar-refractivity contribution in [3.05, 3.63) is 79.6 Å². The molecule has 1 aliphatic rings. The smallest absolute Gasteiger partial charge is 0.247 e. The molecule has 0 spiro atoms. The van der Waals surface area contributed by atoms with Crippen molar-refractivity contribution in [3.8, 4) is 11.3 Å². The molecule has 0 radical (unpaired) electrons. The van der Waals surface area contributed by atoms with Crippen LogP contribution >= 0.6 is 0 Å². The van der Waals surface area contributed by atoms with Crippen molar-refractivity contribution in [2.24, 2.45) is 5.73 Å². The fourth-order valence-electron chi connectivity index (χ4n) is 4.27. The molecule has 9 heteroatoms. The van der Waals surface area contributed by atoms with Crippen LogP contribution in [0.1, 0.15) is 0 Å². The van der Waals surface area contributed by atoms with Gasteiger partial charge in [-0.1, -0.05) is 24.8 Å². The van der Waals surface area contributed by atoms with Crippen molar-refractivity contribution in [1.82, 2.24) is 15.0 Å². The Morgan fingerprint density at radius 3 is 2.83 bits per heavy atom. The van der Waals surface area contributed by atoms with Gasteiger partial charge < -0.3 is 26.0 Å². The number of nitrogens with two attached hydrogens (primary N) is 1. The molecule has 0 bridgehead atoms. The van der Waals surface area contributed by atoms with E-state index in [-0.39, 0.29) is 11.9 Å². The number of anilines is 4. The zero-order valence-corrected chi connectivity index (χ0v) is 19.7. The lowest BCUT2D eigenvalue weighted by atomic mass is 10.1. The van der Waals surface area contributed by atoms with Crippen LogP contribution in [0.25, 0.3) is 22.2 Å². The van der Waals surface area contributed by atoms with Gasteiger partial charge >= 0.3 is 0 Å². The van der Waals surface area contributed by atoms with Gasteiger partial charge in [-0.05, 0) is 42.5 Å². The van der Waals surface area contributed by atoms with Crippen molar-refractivity contribution in [2.75, 3.05) is 41.8 Å². The molecule has 0 aliphatic carbocycles. The van der Waals surface area contributed by atoms with Gasteiger partial charge in [0.25, 0.3) is 0 Å². The van der Waals surface area contributed by atoms with Gasteiger partial charge in [0, 0.05) is 47.8 Å². The maximum absolute atomic E-state index is 11.9. The lowest BCUT2D eigenvalue weighted by Gasteiger charge is -2.36. The number of para-hydroxylation sites is 1. The van der Waals surface area contributed by atoms with Gasteiger partial charge in [0.2, 0.25) is 11.9 Å². The first kappa shape index (κ1) is 23.4.